The highest BCUT2D eigenvalue weighted by Crippen LogP contribution is 2.24. The van der Waals surface area contributed by atoms with Crippen LogP contribution in [0, 0.1) is 5.41 Å². The van der Waals surface area contributed by atoms with Crippen molar-refractivity contribution in [2.75, 3.05) is 6.54 Å². The van der Waals surface area contributed by atoms with Gasteiger partial charge in [-0.2, -0.15) is 0 Å². The molecule has 0 spiro atoms. The Morgan fingerprint density at radius 2 is 1.79 bits per heavy atom. The van der Waals surface area contributed by atoms with E-state index in [1.54, 1.807) is 13.8 Å². The van der Waals surface area contributed by atoms with E-state index >= 15 is 0 Å². The molecule has 0 saturated heterocycles. The Hall–Kier alpha value is -1.59. The van der Waals surface area contributed by atoms with Gasteiger partial charge in [-0.15, -0.1) is 0 Å². The molecule has 6 nitrogen and oxygen atoms in total. The molecule has 0 aliphatic heterocycles. The predicted molar refractivity (Wildman–Crippen MR) is 69.4 cm³/mol. The van der Waals surface area contributed by atoms with Gasteiger partial charge in [0.2, 0.25) is 11.8 Å². The van der Waals surface area contributed by atoms with Crippen LogP contribution in [0.3, 0.4) is 0 Å². The first kappa shape index (κ1) is 15.5. The Bertz CT molecular complexity index is 362. The fourth-order valence-electron chi connectivity index (χ4n) is 1.81. The summed E-state index contributed by atoms with van der Waals surface area (Å²) in [5.41, 5.74) is -0.577. The monoisotopic (exact) mass is 270 g/mol. The van der Waals surface area contributed by atoms with E-state index in [1.165, 1.54) is 0 Å². The average Bonchev–Trinajstić information content (AvgIpc) is 2.97. The molecule has 0 radical (unpaired) electrons. The Morgan fingerprint density at radius 1 is 1.16 bits per heavy atom. The van der Waals surface area contributed by atoms with Crippen molar-refractivity contribution in [1.29, 1.82) is 0 Å². The predicted octanol–water partition coefficient (Wildman–Crippen LogP) is 0.662. The van der Waals surface area contributed by atoms with Gasteiger partial charge in [0.05, 0.1) is 6.42 Å². The largest absolute Gasteiger partial charge is 0.481 e. The van der Waals surface area contributed by atoms with Crippen LogP contribution in [-0.4, -0.2) is 35.5 Å². The van der Waals surface area contributed by atoms with Gasteiger partial charge in [0.25, 0.3) is 0 Å². The number of carboxylic acid groups (broad SMARTS) is 1. The highest BCUT2D eigenvalue weighted by molar-refractivity contribution is 5.80. The molecule has 0 aromatic rings. The molecule has 1 rings (SSSR count). The van der Waals surface area contributed by atoms with Crippen molar-refractivity contribution < 1.29 is 19.5 Å². The minimum Gasteiger partial charge on any atom is -0.481 e. The maximum absolute atomic E-state index is 11.6. The minimum absolute atomic E-state index is 0.0485. The lowest BCUT2D eigenvalue weighted by molar-refractivity contribution is -0.139. The Kier molecular flexibility index (Phi) is 5.32. The topological polar surface area (TPSA) is 95.5 Å². The standard InChI is InChI=1S/C13H22N2O4/c1-13(2,8-12(18)19)7-11(17)14-6-5-10(16)15-9-3-4-9/h9H,3-8H2,1-2H3,(H,14,17)(H,15,16)(H,18,19). The summed E-state index contributed by atoms with van der Waals surface area (Å²) in [5, 5.41) is 14.2. The Morgan fingerprint density at radius 3 is 2.32 bits per heavy atom. The molecule has 1 fully saturated rings. The Balaban J connectivity index is 2.15. The lowest BCUT2D eigenvalue weighted by Gasteiger charge is -2.21. The molecule has 0 heterocycles. The van der Waals surface area contributed by atoms with Gasteiger partial charge in [0.15, 0.2) is 0 Å². The van der Waals surface area contributed by atoms with E-state index in [0.717, 1.165) is 12.8 Å². The number of carbonyl (C=O) groups is 3. The van der Waals surface area contributed by atoms with Crippen LogP contribution in [0.2, 0.25) is 0 Å². The maximum atomic E-state index is 11.6. The average molecular weight is 270 g/mol. The minimum atomic E-state index is -0.915. The summed E-state index contributed by atoms with van der Waals surface area (Å²) in [5.74, 6) is -1.18. The van der Waals surface area contributed by atoms with Crippen LogP contribution >= 0.6 is 0 Å². The third-order valence-corrected chi connectivity index (χ3v) is 2.89. The normalized spacial score (nSPS) is 14.8. The fraction of sp³-hybridized carbons (Fsp3) is 0.769. The summed E-state index contributed by atoms with van der Waals surface area (Å²) >= 11 is 0. The molecule has 19 heavy (non-hydrogen) atoms. The number of nitrogens with one attached hydrogen (secondary N) is 2. The Labute approximate surface area is 112 Å². The molecule has 0 atom stereocenters. The van der Waals surface area contributed by atoms with Gasteiger partial charge >= 0.3 is 5.97 Å². The van der Waals surface area contributed by atoms with Crippen LogP contribution < -0.4 is 10.6 Å². The molecule has 3 N–H and O–H groups in total. The number of hydrogen-bond donors (Lipinski definition) is 3. The van der Waals surface area contributed by atoms with Crippen molar-refractivity contribution in [1.82, 2.24) is 10.6 Å². The van der Waals surface area contributed by atoms with E-state index in [4.69, 9.17) is 5.11 Å². The number of aliphatic carboxylic acids is 1. The first-order valence-electron chi connectivity index (χ1n) is 6.56. The zero-order chi connectivity index (χ0) is 14.5. The van der Waals surface area contributed by atoms with Crippen LogP contribution in [0.4, 0.5) is 0 Å². The highest BCUT2D eigenvalue weighted by atomic mass is 16.4. The van der Waals surface area contributed by atoms with Crippen molar-refractivity contribution in [3.63, 3.8) is 0 Å². The van der Waals surface area contributed by atoms with Crippen LogP contribution in [0.5, 0.6) is 0 Å². The summed E-state index contributed by atoms with van der Waals surface area (Å²) in [7, 11) is 0. The van der Waals surface area contributed by atoms with Crippen molar-refractivity contribution in [3.05, 3.63) is 0 Å². The molecule has 0 aromatic heterocycles. The second-order valence-corrected chi connectivity index (χ2v) is 5.85. The molecule has 0 unspecified atom stereocenters. The second-order valence-electron chi connectivity index (χ2n) is 5.85. The third-order valence-electron chi connectivity index (χ3n) is 2.89. The van der Waals surface area contributed by atoms with Crippen molar-refractivity contribution in [2.45, 2.75) is 52.0 Å². The first-order chi connectivity index (χ1) is 8.78. The summed E-state index contributed by atoms with van der Waals surface area (Å²) in [4.78, 5) is 33.6. The van der Waals surface area contributed by atoms with Crippen LogP contribution in [0.25, 0.3) is 0 Å². The van der Waals surface area contributed by atoms with Crippen molar-refractivity contribution >= 4 is 17.8 Å². The number of rotatable bonds is 8. The smallest absolute Gasteiger partial charge is 0.303 e. The maximum Gasteiger partial charge on any atom is 0.303 e. The highest BCUT2D eigenvalue weighted by Gasteiger charge is 2.25. The van der Waals surface area contributed by atoms with Gasteiger partial charge < -0.3 is 15.7 Å². The van der Waals surface area contributed by atoms with Gasteiger partial charge in [-0.25, -0.2) is 0 Å². The van der Waals surface area contributed by atoms with Gasteiger partial charge in [-0.3, -0.25) is 14.4 Å². The molecule has 1 aliphatic carbocycles. The first-order valence-corrected chi connectivity index (χ1v) is 6.56. The van der Waals surface area contributed by atoms with Crippen LogP contribution in [-0.2, 0) is 14.4 Å². The van der Waals surface area contributed by atoms with E-state index in [-0.39, 0.29) is 31.1 Å². The van der Waals surface area contributed by atoms with Crippen LogP contribution in [0.15, 0.2) is 0 Å². The molecule has 1 aliphatic rings. The zero-order valence-corrected chi connectivity index (χ0v) is 11.5. The SMILES string of the molecule is CC(C)(CC(=O)O)CC(=O)NCCC(=O)NC1CC1. The third kappa shape index (κ3) is 7.43. The lowest BCUT2D eigenvalue weighted by Crippen LogP contribution is -2.34. The second kappa shape index (κ2) is 6.54. The van der Waals surface area contributed by atoms with Crippen molar-refractivity contribution in [3.8, 4) is 0 Å². The molecule has 1 saturated carbocycles. The van der Waals surface area contributed by atoms with Gasteiger partial charge in [-0.1, -0.05) is 13.8 Å². The molecular weight excluding hydrogens is 248 g/mol. The number of carbonyl (C=O) groups excluding carboxylic acids is 2. The number of hydrogen-bond acceptors (Lipinski definition) is 3. The molecule has 0 aromatic carbocycles. The van der Waals surface area contributed by atoms with E-state index in [1.807, 2.05) is 0 Å². The van der Waals surface area contributed by atoms with E-state index in [9.17, 15) is 14.4 Å². The van der Waals surface area contributed by atoms with E-state index < -0.39 is 11.4 Å². The molecule has 2 amide bonds. The lowest BCUT2D eigenvalue weighted by atomic mass is 9.85. The molecule has 6 heteroatoms. The van der Waals surface area contributed by atoms with E-state index in [0.29, 0.717) is 12.6 Å². The zero-order valence-electron chi connectivity index (χ0n) is 11.5. The molecular formula is C13H22N2O4. The van der Waals surface area contributed by atoms with E-state index in [2.05, 4.69) is 10.6 Å². The van der Waals surface area contributed by atoms with Gasteiger partial charge in [-0.05, 0) is 18.3 Å². The summed E-state index contributed by atoms with van der Waals surface area (Å²) in [6.07, 6.45) is 2.44. The van der Waals surface area contributed by atoms with Gasteiger partial charge in [0, 0.05) is 25.4 Å². The quantitative estimate of drug-likeness (QED) is 0.604. The summed E-state index contributed by atoms with van der Waals surface area (Å²) < 4.78 is 0. The number of carboxylic acids is 1. The summed E-state index contributed by atoms with van der Waals surface area (Å²) in [6, 6.07) is 0.331. The summed E-state index contributed by atoms with van der Waals surface area (Å²) in [6.45, 7) is 3.77. The molecule has 0 bridgehead atoms. The number of amides is 2. The van der Waals surface area contributed by atoms with Crippen molar-refractivity contribution in [2.24, 2.45) is 5.41 Å². The van der Waals surface area contributed by atoms with Crippen LogP contribution in [0.1, 0.15) is 46.0 Å². The molecule has 108 valence electrons. The fourth-order valence-corrected chi connectivity index (χ4v) is 1.81. The van der Waals surface area contributed by atoms with Gasteiger partial charge in [0.1, 0.15) is 0 Å².